The Kier molecular flexibility index (Phi) is 6.37. The van der Waals surface area contributed by atoms with Crippen molar-refractivity contribution < 1.29 is 14.7 Å². The van der Waals surface area contributed by atoms with Crippen molar-refractivity contribution in [3.8, 4) is 11.1 Å². The summed E-state index contributed by atoms with van der Waals surface area (Å²) in [6.45, 7) is 5.37. The maximum Gasteiger partial charge on any atom is 0.291 e. The lowest BCUT2D eigenvalue weighted by Crippen LogP contribution is -2.46. The van der Waals surface area contributed by atoms with Gasteiger partial charge in [0.05, 0.1) is 23.1 Å². The minimum atomic E-state index is -0.977. The molecule has 2 aliphatic rings. The number of H-pyrrole nitrogens is 1. The number of fused-ring (bicyclic) bond motifs is 3. The molecule has 4 aromatic rings. The number of nitrogens with zero attached hydrogens (tertiary/aromatic N) is 7. The second kappa shape index (κ2) is 9.77. The first kappa shape index (κ1) is 26.1. The first-order chi connectivity index (χ1) is 19.3. The number of hydrogen-bond donors (Lipinski definition) is 3. The number of hydrogen-bond acceptors (Lipinski definition) is 9. The molecule has 2 saturated heterocycles. The lowest BCUT2D eigenvalue weighted by Gasteiger charge is -2.38. The van der Waals surface area contributed by atoms with E-state index in [1.165, 1.54) is 17.8 Å². The molecule has 40 heavy (non-hydrogen) atoms. The Hall–Kier alpha value is -4.19. The predicted octanol–water partition coefficient (Wildman–Crippen LogP) is 3.25. The van der Waals surface area contributed by atoms with Crippen molar-refractivity contribution in [3.63, 3.8) is 0 Å². The summed E-state index contributed by atoms with van der Waals surface area (Å²) in [5.74, 6) is 0.126. The zero-order chi connectivity index (χ0) is 28.2. The summed E-state index contributed by atoms with van der Waals surface area (Å²) in [6.07, 6.45) is 8.96. The fraction of sp³-hybridized carbons (Fsp3) is 0.464. The number of carbonyl (C=O) groups excluding carboxylic acids is 2. The van der Waals surface area contributed by atoms with Crippen LogP contribution in [-0.4, -0.2) is 68.5 Å². The number of amides is 1. The van der Waals surface area contributed by atoms with E-state index < -0.39 is 5.60 Å². The minimum absolute atomic E-state index is 0.0115. The SMILES string of the molecule is CCC(O)(CC)c1ccc(-c2cnn3c(N)c(C(C)=O)c(C4C[C@H]5CC[C@H](C4)N5C(=O)c4ncn[nH]4)nc23)cn1. The Morgan fingerprint density at radius 3 is 2.42 bits per heavy atom. The second-order valence-corrected chi connectivity index (χ2v) is 10.9. The number of ketones is 1. The van der Waals surface area contributed by atoms with Gasteiger partial charge in [0.2, 0.25) is 5.82 Å². The lowest BCUT2D eigenvalue weighted by atomic mass is 9.85. The van der Waals surface area contributed by atoms with Crippen molar-refractivity contribution >= 4 is 23.2 Å². The van der Waals surface area contributed by atoms with Gasteiger partial charge in [-0.2, -0.15) is 14.7 Å². The summed E-state index contributed by atoms with van der Waals surface area (Å²) < 4.78 is 1.51. The van der Waals surface area contributed by atoms with Crippen LogP contribution in [0.3, 0.4) is 0 Å². The zero-order valence-corrected chi connectivity index (χ0v) is 22.8. The minimum Gasteiger partial charge on any atom is -0.384 e. The summed E-state index contributed by atoms with van der Waals surface area (Å²) in [6, 6.07) is 3.76. The maximum absolute atomic E-state index is 13.1. The number of carbonyl (C=O) groups is 2. The molecule has 0 unspecified atom stereocenters. The number of anilines is 1. The summed E-state index contributed by atoms with van der Waals surface area (Å²) in [5.41, 5.74) is 9.30. The maximum atomic E-state index is 13.1. The smallest absolute Gasteiger partial charge is 0.291 e. The molecular weight excluding hydrogens is 510 g/mol. The molecule has 2 bridgehead atoms. The topological polar surface area (TPSA) is 168 Å². The first-order valence-corrected chi connectivity index (χ1v) is 13.8. The number of Topliss-reactive ketones (excluding diaryl/α,β-unsaturated/α-hetero) is 1. The van der Waals surface area contributed by atoms with Crippen LogP contribution in [0.1, 0.15) is 97.6 Å². The van der Waals surface area contributed by atoms with E-state index in [0.717, 1.165) is 24.0 Å². The molecule has 2 atom stereocenters. The van der Waals surface area contributed by atoms with Gasteiger partial charge in [0, 0.05) is 35.3 Å². The molecule has 2 aliphatic heterocycles. The summed E-state index contributed by atoms with van der Waals surface area (Å²) in [7, 11) is 0. The number of aromatic amines is 1. The molecule has 0 saturated carbocycles. The highest BCUT2D eigenvalue weighted by Crippen LogP contribution is 2.45. The Morgan fingerprint density at radius 2 is 1.85 bits per heavy atom. The summed E-state index contributed by atoms with van der Waals surface area (Å²) >= 11 is 0. The number of pyridine rings is 1. The van der Waals surface area contributed by atoms with Crippen LogP contribution in [0.4, 0.5) is 5.82 Å². The van der Waals surface area contributed by atoms with Crippen LogP contribution < -0.4 is 5.73 Å². The molecule has 1 amide bonds. The molecule has 0 radical (unpaired) electrons. The third kappa shape index (κ3) is 4.05. The molecule has 4 N–H and O–H groups in total. The fourth-order valence-electron chi connectivity index (χ4n) is 6.50. The largest absolute Gasteiger partial charge is 0.384 e. The van der Waals surface area contributed by atoms with Crippen molar-refractivity contribution in [2.24, 2.45) is 0 Å². The van der Waals surface area contributed by atoms with Gasteiger partial charge in [-0.15, -0.1) is 0 Å². The number of nitrogens with two attached hydrogens (primary N) is 1. The Morgan fingerprint density at radius 1 is 1.12 bits per heavy atom. The molecule has 4 aromatic heterocycles. The molecule has 2 fully saturated rings. The number of rotatable bonds is 7. The van der Waals surface area contributed by atoms with E-state index in [0.29, 0.717) is 48.3 Å². The summed E-state index contributed by atoms with van der Waals surface area (Å²) in [4.78, 5) is 41.5. The van der Waals surface area contributed by atoms with Crippen molar-refractivity contribution in [3.05, 3.63) is 53.6 Å². The highest BCUT2D eigenvalue weighted by atomic mass is 16.3. The number of aliphatic hydroxyl groups is 1. The van der Waals surface area contributed by atoms with E-state index in [-0.39, 0.29) is 41.3 Å². The van der Waals surface area contributed by atoms with E-state index in [9.17, 15) is 14.7 Å². The van der Waals surface area contributed by atoms with Crippen LogP contribution in [-0.2, 0) is 5.60 Å². The van der Waals surface area contributed by atoms with E-state index in [1.807, 2.05) is 30.9 Å². The van der Waals surface area contributed by atoms with Gasteiger partial charge in [-0.25, -0.2) is 9.97 Å². The molecule has 12 heteroatoms. The first-order valence-electron chi connectivity index (χ1n) is 13.8. The number of aromatic nitrogens is 7. The van der Waals surface area contributed by atoms with Crippen LogP contribution in [0.2, 0.25) is 0 Å². The normalized spacial score (nSPS) is 20.8. The molecule has 208 valence electrons. The van der Waals surface area contributed by atoms with Gasteiger partial charge in [0.1, 0.15) is 17.7 Å². The fourth-order valence-corrected chi connectivity index (χ4v) is 6.50. The molecule has 0 aliphatic carbocycles. The van der Waals surface area contributed by atoms with Gasteiger partial charge >= 0.3 is 0 Å². The van der Waals surface area contributed by atoms with E-state index in [4.69, 9.17) is 10.7 Å². The lowest BCUT2D eigenvalue weighted by molar-refractivity contribution is 0.0240. The monoisotopic (exact) mass is 543 g/mol. The van der Waals surface area contributed by atoms with Crippen LogP contribution in [0.5, 0.6) is 0 Å². The molecule has 0 aromatic carbocycles. The average Bonchev–Trinajstić information content (AvgIpc) is 3.70. The number of piperidine rings is 1. The van der Waals surface area contributed by atoms with E-state index in [2.05, 4.69) is 25.3 Å². The van der Waals surface area contributed by atoms with Gasteiger partial charge in [-0.3, -0.25) is 19.7 Å². The van der Waals surface area contributed by atoms with Gasteiger partial charge in [-0.05, 0) is 51.5 Å². The Bertz CT molecular complexity index is 1560. The van der Waals surface area contributed by atoms with Crippen molar-refractivity contribution in [1.29, 1.82) is 0 Å². The molecule has 6 heterocycles. The van der Waals surface area contributed by atoms with Gasteiger partial charge in [-0.1, -0.05) is 19.9 Å². The van der Waals surface area contributed by atoms with E-state index in [1.54, 1.807) is 12.4 Å². The highest BCUT2D eigenvalue weighted by molar-refractivity contribution is 6.00. The average molecular weight is 544 g/mol. The highest BCUT2D eigenvalue weighted by Gasteiger charge is 2.45. The van der Waals surface area contributed by atoms with Gasteiger partial charge < -0.3 is 15.7 Å². The molecule has 12 nitrogen and oxygen atoms in total. The number of nitrogen functional groups attached to an aromatic ring is 1. The Labute approximate surface area is 231 Å². The van der Waals surface area contributed by atoms with Crippen molar-refractivity contribution in [2.45, 2.75) is 82.9 Å². The Balaban J connectivity index is 1.38. The van der Waals surface area contributed by atoms with Crippen LogP contribution >= 0.6 is 0 Å². The third-order valence-electron chi connectivity index (χ3n) is 8.76. The van der Waals surface area contributed by atoms with Gasteiger partial charge in [0.15, 0.2) is 11.4 Å². The summed E-state index contributed by atoms with van der Waals surface area (Å²) in [5, 5.41) is 21.8. The zero-order valence-electron chi connectivity index (χ0n) is 22.8. The standard InChI is InChI=1S/C28H33N9O3/c1-4-28(40,5-2)21-9-6-16(12-30-21)20-13-33-37-24(29)22(15(3)38)23(34-26(20)37)17-10-18-7-8-19(11-17)36(18)27(39)25-31-14-32-35-25/h6,9,12-14,17-19,40H,4-5,7-8,10-11,29H2,1-3H3,(H,31,32,35)/t18-,19-/m1/s1. The molecule has 6 rings (SSSR count). The van der Waals surface area contributed by atoms with Gasteiger partial charge in [0.25, 0.3) is 5.91 Å². The number of nitrogens with one attached hydrogen (secondary N) is 1. The third-order valence-corrected chi connectivity index (χ3v) is 8.76. The van der Waals surface area contributed by atoms with E-state index >= 15 is 0 Å². The van der Waals surface area contributed by atoms with Crippen LogP contribution in [0.25, 0.3) is 16.8 Å². The quantitative estimate of drug-likeness (QED) is 0.296. The van der Waals surface area contributed by atoms with Crippen LogP contribution in [0.15, 0.2) is 30.9 Å². The molecular formula is C28H33N9O3. The second-order valence-electron chi connectivity index (χ2n) is 10.9. The van der Waals surface area contributed by atoms with Crippen molar-refractivity contribution in [2.75, 3.05) is 5.73 Å². The predicted molar refractivity (Wildman–Crippen MR) is 146 cm³/mol. The molecule has 0 spiro atoms. The van der Waals surface area contributed by atoms with Crippen LogP contribution in [0, 0.1) is 0 Å². The van der Waals surface area contributed by atoms with Crippen molar-refractivity contribution in [1.82, 2.24) is 39.7 Å².